The molecule has 5 rings (SSSR count). The zero-order chi connectivity index (χ0) is 18.6. The molecule has 1 aromatic carbocycles. The maximum absolute atomic E-state index is 12.8. The standard InChI is InChI=1S/C20H24O7/c21-11-13-15-20(23,14(17(22)24-13)12-7-3-1-4-8-12)16-18(25-15)27-19(26-16)9-5-2-6-10-19/h1,3-4,7-8,13-16,18,21,23H,2,5-6,9-11H2/t13?,14?,15-,16+,18-,20-/m1/s1. The number of fused-ring (bicyclic) bond motifs is 3. The Bertz CT molecular complexity index is 716. The molecule has 0 bridgehead atoms. The molecular weight excluding hydrogens is 352 g/mol. The highest BCUT2D eigenvalue weighted by Gasteiger charge is 2.72. The monoisotopic (exact) mass is 376 g/mol. The third-order valence-corrected chi connectivity index (χ3v) is 6.34. The number of benzene rings is 1. The molecule has 1 aromatic rings. The smallest absolute Gasteiger partial charge is 0.317 e. The van der Waals surface area contributed by atoms with E-state index in [-0.39, 0.29) is 0 Å². The molecule has 1 aliphatic carbocycles. The van der Waals surface area contributed by atoms with E-state index in [0.29, 0.717) is 5.56 Å². The summed E-state index contributed by atoms with van der Waals surface area (Å²) >= 11 is 0. The molecule has 7 nitrogen and oxygen atoms in total. The summed E-state index contributed by atoms with van der Waals surface area (Å²) in [6.07, 6.45) is 1.13. The molecule has 0 aromatic heterocycles. The number of hydrogen-bond acceptors (Lipinski definition) is 7. The second kappa shape index (κ2) is 6.25. The van der Waals surface area contributed by atoms with Gasteiger partial charge in [-0.2, -0.15) is 0 Å². The van der Waals surface area contributed by atoms with Crippen LogP contribution in [0, 0.1) is 0 Å². The van der Waals surface area contributed by atoms with Gasteiger partial charge in [0.2, 0.25) is 0 Å². The van der Waals surface area contributed by atoms with E-state index >= 15 is 0 Å². The highest BCUT2D eigenvalue weighted by molar-refractivity contribution is 5.82. The van der Waals surface area contributed by atoms with Crippen molar-refractivity contribution in [3.63, 3.8) is 0 Å². The lowest BCUT2D eigenvalue weighted by molar-refractivity contribution is -0.280. The van der Waals surface area contributed by atoms with Gasteiger partial charge >= 0.3 is 5.97 Å². The Kier molecular flexibility index (Phi) is 4.07. The Morgan fingerprint density at radius 2 is 1.78 bits per heavy atom. The van der Waals surface area contributed by atoms with Crippen LogP contribution in [0.5, 0.6) is 0 Å². The molecule has 2 unspecified atom stereocenters. The van der Waals surface area contributed by atoms with E-state index in [0.717, 1.165) is 32.1 Å². The first-order valence-electron chi connectivity index (χ1n) is 9.67. The minimum absolute atomic E-state index is 0.440. The highest BCUT2D eigenvalue weighted by Crippen LogP contribution is 2.55. The first-order chi connectivity index (χ1) is 13.1. The third kappa shape index (κ3) is 2.49. The van der Waals surface area contributed by atoms with Gasteiger partial charge in [-0.05, 0) is 18.4 Å². The fourth-order valence-electron chi connectivity index (χ4n) is 5.10. The molecule has 0 amide bonds. The first-order valence-corrected chi connectivity index (χ1v) is 9.67. The summed E-state index contributed by atoms with van der Waals surface area (Å²) in [5.41, 5.74) is -1.04. The number of carbonyl (C=O) groups excluding carboxylic acids is 1. The van der Waals surface area contributed by atoms with Crippen molar-refractivity contribution in [3.8, 4) is 0 Å². The predicted octanol–water partition coefficient (Wildman–Crippen LogP) is 1.22. The zero-order valence-corrected chi connectivity index (χ0v) is 15.0. The van der Waals surface area contributed by atoms with Crippen LogP contribution in [0.15, 0.2) is 30.3 Å². The van der Waals surface area contributed by atoms with Crippen LogP contribution in [0.3, 0.4) is 0 Å². The van der Waals surface area contributed by atoms with Gasteiger partial charge in [0.05, 0.1) is 6.61 Å². The quantitative estimate of drug-likeness (QED) is 0.750. The first kappa shape index (κ1) is 17.6. The van der Waals surface area contributed by atoms with E-state index in [1.807, 2.05) is 6.07 Å². The minimum Gasteiger partial charge on any atom is -0.456 e. The Morgan fingerprint density at radius 1 is 1.04 bits per heavy atom. The second-order valence-corrected chi connectivity index (χ2v) is 7.94. The normalized spacial score (nSPS) is 42.6. The lowest BCUT2D eigenvalue weighted by atomic mass is 9.72. The van der Waals surface area contributed by atoms with E-state index in [1.54, 1.807) is 24.3 Å². The second-order valence-electron chi connectivity index (χ2n) is 7.94. The molecule has 4 fully saturated rings. The zero-order valence-electron chi connectivity index (χ0n) is 15.0. The van der Waals surface area contributed by atoms with E-state index in [1.165, 1.54) is 0 Å². The third-order valence-electron chi connectivity index (χ3n) is 6.34. The molecule has 1 spiro atoms. The van der Waals surface area contributed by atoms with Crippen molar-refractivity contribution in [2.45, 2.75) is 74.0 Å². The maximum atomic E-state index is 12.8. The van der Waals surface area contributed by atoms with E-state index < -0.39 is 54.5 Å². The molecule has 6 atom stereocenters. The largest absolute Gasteiger partial charge is 0.456 e. The van der Waals surface area contributed by atoms with Crippen LogP contribution >= 0.6 is 0 Å². The summed E-state index contributed by atoms with van der Waals surface area (Å²) < 4.78 is 23.8. The van der Waals surface area contributed by atoms with Gasteiger partial charge < -0.3 is 29.2 Å². The van der Waals surface area contributed by atoms with Crippen LogP contribution in [-0.4, -0.2) is 58.8 Å². The van der Waals surface area contributed by atoms with Crippen LogP contribution in [0.1, 0.15) is 43.6 Å². The van der Waals surface area contributed by atoms with E-state index in [4.69, 9.17) is 18.9 Å². The number of aliphatic hydroxyl groups excluding tert-OH is 1. The van der Waals surface area contributed by atoms with Gasteiger partial charge in [0.1, 0.15) is 23.7 Å². The maximum Gasteiger partial charge on any atom is 0.317 e. The Balaban J connectivity index is 1.55. The number of hydrogen-bond donors (Lipinski definition) is 2. The average Bonchev–Trinajstić information content (AvgIpc) is 3.15. The lowest BCUT2D eigenvalue weighted by Crippen LogP contribution is -2.64. The molecule has 0 radical (unpaired) electrons. The van der Waals surface area contributed by atoms with E-state index in [2.05, 4.69) is 0 Å². The fourth-order valence-corrected chi connectivity index (χ4v) is 5.10. The molecule has 146 valence electrons. The van der Waals surface area contributed by atoms with Crippen LogP contribution in [0.2, 0.25) is 0 Å². The van der Waals surface area contributed by atoms with Crippen molar-refractivity contribution in [2.75, 3.05) is 6.61 Å². The number of esters is 1. The number of cyclic esters (lactones) is 1. The van der Waals surface area contributed by atoms with Gasteiger partial charge in [-0.3, -0.25) is 4.79 Å². The fraction of sp³-hybridized carbons (Fsp3) is 0.650. The van der Waals surface area contributed by atoms with Crippen molar-refractivity contribution >= 4 is 5.97 Å². The van der Waals surface area contributed by atoms with Crippen molar-refractivity contribution in [3.05, 3.63) is 35.9 Å². The number of carbonyl (C=O) groups is 1. The molecule has 3 saturated heterocycles. The molecule has 3 heterocycles. The van der Waals surface area contributed by atoms with Gasteiger partial charge in [0.25, 0.3) is 0 Å². The minimum atomic E-state index is -1.67. The molecule has 3 aliphatic heterocycles. The summed E-state index contributed by atoms with van der Waals surface area (Å²) in [7, 11) is 0. The number of rotatable bonds is 2. The van der Waals surface area contributed by atoms with Gasteiger partial charge in [0, 0.05) is 12.8 Å². The van der Waals surface area contributed by atoms with Crippen molar-refractivity contribution in [2.24, 2.45) is 0 Å². The predicted molar refractivity (Wildman–Crippen MR) is 91.5 cm³/mol. The molecular formula is C20H24O7. The average molecular weight is 376 g/mol. The molecule has 4 aliphatic rings. The van der Waals surface area contributed by atoms with Gasteiger partial charge in [-0.25, -0.2) is 0 Å². The molecule has 1 saturated carbocycles. The van der Waals surface area contributed by atoms with Crippen molar-refractivity contribution < 1.29 is 34.0 Å². The molecule has 27 heavy (non-hydrogen) atoms. The topological polar surface area (TPSA) is 94.5 Å². The van der Waals surface area contributed by atoms with Crippen molar-refractivity contribution in [1.82, 2.24) is 0 Å². The molecule has 7 heteroatoms. The van der Waals surface area contributed by atoms with Crippen LogP contribution < -0.4 is 0 Å². The van der Waals surface area contributed by atoms with Crippen LogP contribution in [0.4, 0.5) is 0 Å². The van der Waals surface area contributed by atoms with Gasteiger partial charge in [0.15, 0.2) is 18.2 Å². The van der Waals surface area contributed by atoms with Gasteiger partial charge in [-0.1, -0.05) is 36.8 Å². The molecule has 2 N–H and O–H groups in total. The van der Waals surface area contributed by atoms with Crippen LogP contribution in [0.25, 0.3) is 0 Å². The Hall–Kier alpha value is -1.51. The van der Waals surface area contributed by atoms with Crippen LogP contribution in [-0.2, 0) is 23.7 Å². The SMILES string of the molecule is O=C1OC(CO)[C@H]2O[C@@H]3OC4(CCCCC4)O[C@@H]3[C@@]2(O)C1c1ccccc1. The summed E-state index contributed by atoms with van der Waals surface area (Å²) in [5, 5.41) is 21.5. The number of ether oxygens (including phenoxy) is 4. The highest BCUT2D eigenvalue weighted by atomic mass is 16.8. The summed E-state index contributed by atoms with van der Waals surface area (Å²) in [6, 6.07) is 9.01. The van der Waals surface area contributed by atoms with Crippen molar-refractivity contribution in [1.29, 1.82) is 0 Å². The summed E-state index contributed by atoms with van der Waals surface area (Å²) in [6.45, 7) is -0.440. The van der Waals surface area contributed by atoms with Gasteiger partial charge in [-0.15, -0.1) is 0 Å². The summed E-state index contributed by atoms with van der Waals surface area (Å²) in [4.78, 5) is 12.8. The lowest BCUT2D eigenvalue weighted by Gasteiger charge is -2.45. The number of aliphatic hydroxyl groups is 2. The summed E-state index contributed by atoms with van der Waals surface area (Å²) in [5.74, 6) is -2.31. The Labute approximate surface area is 157 Å². The van der Waals surface area contributed by atoms with E-state index in [9.17, 15) is 15.0 Å². The Morgan fingerprint density at radius 3 is 2.48 bits per heavy atom.